The van der Waals surface area contributed by atoms with E-state index in [1.54, 1.807) is 32.0 Å². The van der Waals surface area contributed by atoms with Crippen molar-refractivity contribution in [3.8, 4) is 17.2 Å². The molecule has 1 unspecified atom stereocenters. The lowest BCUT2D eigenvalue weighted by Gasteiger charge is -2.18. The third-order valence-corrected chi connectivity index (χ3v) is 2.46. The van der Waals surface area contributed by atoms with Gasteiger partial charge in [-0.05, 0) is 12.1 Å². The van der Waals surface area contributed by atoms with Crippen LogP contribution in [0.2, 0.25) is 0 Å². The molecule has 1 atom stereocenters. The smallest absolute Gasteiger partial charge is 0.345 e. The Morgan fingerprint density at radius 1 is 1.35 bits per heavy atom. The number of hydrogen-bond donors (Lipinski definition) is 1. The fraction of sp³-hybridized carbons (Fsp3) is 0.417. The zero-order valence-electron chi connectivity index (χ0n) is 9.67. The first-order valence-corrected chi connectivity index (χ1v) is 5.37. The number of hydrogen-bond acceptors (Lipinski definition) is 4. The van der Waals surface area contributed by atoms with Crippen molar-refractivity contribution in [2.45, 2.75) is 20.0 Å². The average molecular weight is 238 g/mol. The van der Waals surface area contributed by atoms with Crippen molar-refractivity contribution in [3.05, 3.63) is 18.2 Å². The van der Waals surface area contributed by atoms with Gasteiger partial charge in [-0.15, -0.1) is 0 Å². The second-order valence-corrected chi connectivity index (χ2v) is 4.14. The summed E-state index contributed by atoms with van der Waals surface area (Å²) in [7, 11) is 0. The fourth-order valence-electron chi connectivity index (χ4n) is 1.57. The van der Waals surface area contributed by atoms with E-state index >= 15 is 0 Å². The van der Waals surface area contributed by atoms with Crippen LogP contribution in [0.25, 0.3) is 0 Å². The van der Waals surface area contributed by atoms with E-state index < -0.39 is 12.1 Å². The molecule has 1 aliphatic rings. The van der Waals surface area contributed by atoms with Gasteiger partial charge in [-0.2, -0.15) is 0 Å². The molecular formula is C12H14O5. The molecule has 0 aliphatic carbocycles. The third-order valence-electron chi connectivity index (χ3n) is 2.46. The van der Waals surface area contributed by atoms with Gasteiger partial charge >= 0.3 is 5.97 Å². The van der Waals surface area contributed by atoms with E-state index in [-0.39, 0.29) is 12.7 Å². The molecule has 0 bridgehead atoms. The summed E-state index contributed by atoms with van der Waals surface area (Å²) in [6.07, 6.45) is -0.865. The van der Waals surface area contributed by atoms with E-state index in [0.29, 0.717) is 17.2 Å². The molecule has 5 heteroatoms. The van der Waals surface area contributed by atoms with Crippen LogP contribution in [0.4, 0.5) is 0 Å². The van der Waals surface area contributed by atoms with E-state index in [2.05, 4.69) is 0 Å². The molecule has 5 nitrogen and oxygen atoms in total. The van der Waals surface area contributed by atoms with Crippen molar-refractivity contribution < 1.29 is 24.1 Å². The second kappa shape index (κ2) is 4.53. The van der Waals surface area contributed by atoms with Gasteiger partial charge in [-0.25, -0.2) is 4.79 Å². The summed E-state index contributed by atoms with van der Waals surface area (Å²) in [5.74, 6) is 0.607. The van der Waals surface area contributed by atoms with Gasteiger partial charge < -0.3 is 19.3 Å². The summed E-state index contributed by atoms with van der Waals surface area (Å²) in [6, 6.07) is 5.02. The predicted octanol–water partition coefficient (Wildman–Crippen LogP) is 1.90. The molecule has 0 saturated carbocycles. The maximum atomic E-state index is 11.0. The Balaban J connectivity index is 2.15. The molecule has 0 saturated heterocycles. The molecule has 1 aromatic carbocycles. The minimum atomic E-state index is -0.974. The minimum absolute atomic E-state index is 0.113. The Labute approximate surface area is 98.9 Å². The van der Waals surface area contributed by atoms with Crippen LogP contribution >= 0.6 is 0 Å². The van der Waals surface area contributed by atoms with Gasteiger partial charge in [-0.1, -0.05) is 13.8 Å². The SMILES string of the molecule is CC(C)C(Oc1ccc2c(c1)OCO2)C(=O)O. The molecule has 1 heterocycles. The van der Waals surface area contributed by atoms with Crippen LogP contribution in [0.15, 0.2) is 18.2 Å². The molecule has 0 radical (unpaired) electrons. The highest BCUT2D eigenvalue weighted by atomic mass is 16.7. The molecule has 2 rings (SSSR count). The van der Waals surface area contributed by atoms with Crippen LogP contribution in [0.5, 0.6) is 17.2 Å². The van der Waals surface area contributed by atoms with Crippen LogP contribution in [-0.2, 0) is 4.79 Å². The first-order chi connectivity index (χ1) is 8.08. The van der Waals surface area contributed by atoms with Crippen LogP contribution in [-0.4, -0.2) is 24.0 Å². The van der Waals surface area contributed by atoms with Gasteiger partial charge in [-0.3, -0.25) is 0 Å². The van der Waals surface area contributed by atoms with Crippen LogP contribution in [0.3, 0.4) is 0 Å². The number of fused-ring (bicyclic) bond motifs is 1. The zero-order chi connectivity index (χ0) is 12.4. The lowest BCUT2D eigenvalue weighted by Crippen LogP contribution is -2.32. The van der Waals surface area contributed by atoms with Crippen molar-refractivity contribution in [3.63, 3.8) is 0 Å². The van der Waals surface area contributed by atoms with E-state index in [1.165, 1.54) is 0 Å². The van der Waals surface area contributed by atoms with Crippen molar-refractivity contribution in [1.29, 1.82) is 0 Å². The molecule has 0 amide bonds. The Morgan fingerprint density at radius 3 is 2.71 bits per heavy atom. The fourth-order valence-corrected chi connectivity index (χ4v) is 1.57. The molecular weight excluding hydrogens is 224 g/mol. The number of carboxylic acids is 1. The standard InChI is InChI=1S/C12H14O5/c1-7(2)11(12(13)14)17-8-3-4-9-10(5-8)16-6-15-9/h3-5,7,11H,6H2,1-2H3,(H,13,14). The van der Waals surface area contributed by atoms with Crippen molar-refractivity contribution >= 4 is 5.97 Å². The average Bonchev–Trinajstić information content (AvgIpc) is 2.71. The molecule has 0 aromatic heterocycles. The molecule has 1 aliphatic heterocycles. The van der Waals surface area contributed by atoms with E-state index in [1.807, 2.05) is 0 Å². The van der Waals surface area contributed by atoms with Crippen molar-refractivity contribution in [2.24, 2.45) is 5.92 Å². The summed E-state index contributed by atoms with van der Waals surface area (Å²) >= 11 is 0. The highest BCUT2D eigenvalue weighted by Crippen LogP contribution is 2.35. The van der Waals surface area contributed by atoms with Gasteiger partial charge in [0, 0.05) is 12.0 Å². The van der Waals surface area contributed by atoms with Gasteiger partial charge in [0.15, 0.2) is 17.6 Å². The van der Waals surface area contributed by atoms with Gasteiger partial charge in [0.25, 0.3) is 0 Å². The van der Waals surface area contributed by atoms with Crippen LogP contribution in [0, 0.1) is 5.92 Å². The first kappa shape index (κ1) is 11.6. The van der Waals surface area contributed by atoms with Crippen LogP contribution in [0.1, 0.15) is 13.8 Å². The monoisotopic (exact) mass is 238 g/mol. The quantitative estimate of drug-likeness (QED) is 0.867. The Hall–Kier alpha value is -1.91. The number of aliphatic carboxylic acids is 1. The molecule has 92 valence electrons. The van der Waals surface area contributed by atoms with E-state index in [4.69, 9.17) is 19.3 Å². The molecule has 0 spiro atoms. The van der Waals surface area contributed by atoms with Crippen molar-refractivity contribution in [2.75, 3.05) is 6.79 Å². The van der Waals surface area contributed by atoms with Crippen molar-refractivity contribution in [1.82, 2.24) is 0 Å². The molecule has 1 N–H and O–H groups in total. The lowest BCUT2D eigenvalue weighted by atomic mass is 10.1. The summed E-state index contributed by atoms with van der Waals surface area (Å²) < 4.78 is 15.8. The number of carbonyl (C=O) groups is 1. The maximum Gasteiger partial charge on any atom is 0.345 e. The highest BCUT2D eigenvalue weighted by molar-refractivity contribution is 5.73. The number of rotatable bonds is 4. The summed E-state index contributed by atoms with van der Waals surface area (Å²) in [4.78, 5) is 11.0. The summed E-state index contributed by atoms with van der Waals surface area (Å²) in [6.45, 7) is 3.78. The number of carboxylic acid groups (broad SMARTS) is 1. The minimum Gasteiger partial charge on any atom is -0.478 e. The van der Waals surface area contributed by atoms with Gasteiger partial charge in [0.2, 0.25) is 6.79 Å². The second-order valence-electron chi connectivity index (χ2n) is 4.14. The third kappa shape index (κ3) is 2.43. The molecule has 1 aromatic rings. The van der Waals surface area contributed by atoms with Crippen LogP contribution < -0.4 is 14.2 Å². The highest BCUT2D eigenvalue weighted by Gasteiger charge is 2.24. The maximum absolute atomic E-state index is 11.0. The Kier molecular flexibility index (Phi) is 3.08. The van der Waals surface area contributed by atoms with Gasteiger partial charge in [0.05, 0.1) is 0 Å². The first-order valence-electron chi connectivity index (χ1n) is 5.37. The summed E-state index contributed by atoms with van der Waals surface area (Å²) in [5.41, 5.74) is 0. The number of benzene rings is 1. The Morgan fingerprint density at radius 2 is 2.06 bits per heavy atom. The van der Waals surface area contributed by atoms with Gasteiger partial charge in [0.1, 0.15) is 5.75 Å². The van der Waals surface area contributed by atoms with E-state index in [9.17, 15) is 4.79 Å². The Bertz CT molecular complexity index is 427. The number of ether oxygens (including phenoxy) is 3. The summed E-state index contributed by atoms with van der Waals surface area (Å²) in [5, 5.41) is 9.02. The lowest BCUT2D eigenvalue weighted by molar-refractivity contribution is -0.147. The molecule has 17 heavy (non-hydrogen) atoms. The topological polar surface area (TPSA) is 65.0 Å². The largest absolute Gasteiger partial charge is 0.478 e. The molecule has 0 fully saturated rings. The zero-order valence-corrected chi connectivity index (χ0v) is 9.67. The normalized spacial score (nSPS) is 14.8. The predicted molar refractivity (Wildman–Crippen MR) is 59.5 cm³/mol. The van der Waals surface area contributed by atoms with E-state index in [0.717, 1.165) is 0 Å².